The molecular weight excluding hydrogens is 196 g/mol. The van der Waals surface area contributed by atoms with Crippen molar-refractivity contribution in [3.63, 3.8) is 0 Å². The van der Waals surface area contributed by atoms with E-state index in [0.717, 1.165) is 17.7 Å². The van der Waals surface area contributed by atoms with Crippen LogP contribution in [0.15, 0.2) is 18.2 Å². The van der Waals surface area contributed by atoms with Gasteiger partial charge in [-0.25, -0.2) is 0 Å². The summed E-state index contributed by atoms with van der Waals surface area (Å²) >= 11 is 5.89. The molecule has 0 aliphatic rings. The van der Waals surface area contributed by atoms with Gasteiger partial charge in [0.15, 0.2) is 0 Å². The van der Waals surface area contributed by atoms with Gasteiger partial charge in [-0.3, -0.25) is 0 Å². The molecule has 0 aliphatic heterocycles. The van der Waals surface area contributed by atoms with Crippen LogP contribution in [0.4, 0.5) is 5.69 Å². The molecule has 0 bridgehead atoms. The van der Waals surface area contributed by atoms with Crippen LogP contribution in [0, 0.1) is 5.92 Å². The smallest absolute Gasteiger partial charge is 0.0410 e. The molecule has 0 saturated heterocycles. The molecular formula is C11H17ClN2. The third kappa shape index (κ3) is 2.89. The highest BCUT2D eigenvalue weighted by molar-refractivity contribution is 6.30. The predicted molar refractivity (Wildman–Crippen MR) is 62.2 cm³/mol. The van der Waals surface area contributed by atoms with Crippen LogP contribution >= 0.6 is 11.6 Å². The van der Waals surface area contributed by atoms with Gasteiger partial charge in [-0.2, -0.15) is 0 Å². The Morgan fingerprint density at radius 1 is 1.36 bits per heavy atom. The fraction of sp³-hybridized carbons (Fsp3) is 0.455. The summed E-state index contributed by atoms with van der Waals surface area (Å²) in [6.07, 6.45) is 0.921. The SMILES string of the molecule is CC(C)C[C@@H](N)c1cc(Cl)ccc1N. The molecule has 0 aromatic heterocycles. The average molecular weight is 213 g/mol. The molecule has 1 aromatic rings. The maximum Gasteiger partial charge on any atom is 0.0410 e. The summed E-state index contributed by atoms with van der Waals surface area (Å²) in [6, 6.07) is 5.42. The molecule has 0 radical (unpaired) electrons. The van der Waals surface area contributed by atoms with E-state index < -0.39 is 0 Å². The zero-order valence-corrected chi connectivity index (χ0v) is 9.38. The van der Waals surface area contributed by atoms with Gasteiger partial charge >= 0.3 is 0 Å². The maximum absolute atomic E-state index is 6.03. The highest BCUT2D eigenvalue weighted by Crippen LogP contribution is 2.26. The molecule has 4 N–H and O–H groups in total. The van der Waals surface area contributed by atoms with Gasteiger partial charge in [0, 0.05) is 16.8 Å². The topological polar surface area (TPSA) is 52.0 Å². The molecule has 14 heavy (non-hydrogen) atoms. The highest BCUT2D eigenvalue weighted by atomic mass is 35.5. The molecule has 1 rings (SSSR count). The molecule has 0 amide bonds. The first-order valence-electron chi connectivity index (χ1n) is 4.81. The number of halogens is 1. The van der Waals surface area contributed by atoms with E-state index in [2.05, 4.69) is 13.8 Å². The summed E-state index contributed by atoms with van der Waals surface area (Å²) in [5, 5.41) is 0.688. The van der Waals surface area contributed by atoms with E-state index >= 15 is 0 Å². The summed E-state index contributed by atoms with van der Waals surface area (Å²) in [4.78, 5) is 0. The molecule has 0 unspecified atom stereocenters. The van der Waals surface area contributed by atoms with Crippen LogP contribution in [0.5, 0.6) is 0 Å². The lowest BCUT2D eigenvalue weighted by molar-refractivity contribution is 0.511. The van der Waals surface area contributed by atoms with Crippen molar-refractivity contribution in [1.82, 2.24) is 0 Å². The van der Waals surface area contributed by atoms with E-state index in [0.29, 0.717) is 10.9 Å². The van der Waals surface area contributed by atoms with Gasteiger partial charge in [0.05, 0.1) is 0 Å². The predicted octanol–water partition coefficient (Wildman–Crippen LogP) is 2.97. The van der Waals surface area contributed by atoms with Crippen LogP contribution in [0.2, 0.25) is 5.02 Å². The minimum absolute atomic E-state index is 0.0197. The second-order valence-electron chi connectivity index (χ2n) is 4.01. The van der Waals surface area contributed by atoms with E-state index in [1.807, 2.05) is 6.07 Å². The lowest BCUT2D eigenvalue weighted by atomic mass is 9.97. The number of anilines is 1. The van der Waals surface area contributed by atoms with E-state index in [9.17, 15) is 0 Å². The Morgan fingerprint density at radius 3 is 2.57 bits per heavy atom. The van der Waals surface area contributed by atoms with Crippen molar-refractivity contribution in [2.24, 2.45) is 11.7 Å². The Bertz CT molecular complexity index is 310. The van der Waals surface area contributed by atoms with Crippen molar-refractivity contribution in [2.45, 2.75) is 26.3 Å². The molecule has 0 fully saturated rings. The second-order valence-corrected chi connectivity index (χ2v) is 4.45. The van der Waals surface area contributed by atoms with Gasteiger partial charge in [-0.15, -0.1) is 0 Å². The van der Waals surface area contributed by atoms with Crippen molar-refractivity contribution in [1.29, 1.82) is 0 Å². The van der Waals surface area contributed by atoms with Gasteiger partial charge in [0.1, 0.15) is 0 Å². The lowest BCUT2D eigenvalue weighted by Crippen LogP contribution is -2.14. The fourth-order valence-corrected chi connectivity index (χ4v) is 1.68. The van der Waals surface area contributed by atoms with Gasteiger partial charge in [0.2, 0.25) is 0 Å². The molecule has 1 aromatic carbocycles. The number of nitrogen functional groups attached to an aromatic ring is 1. The normalized spacial score (nSPS) is 13.2. The molecule has 0 heterocycles. The van der Waals surface area contributed by atoms with Gasteiger partial charge in [-0.1, -0.05) is 25.4 Å². The summed E-state index contributed by atoms with van der Waals surface area (Å²) in [6.45, 7) is 4.28. The van der Waals surface area contributed by atoms with Crippen LogP contribution in [0.1, 0.15) is 31.9 Å². The van der Waals surface area contributed by atoms with E-state index in [1.165, 1.54) is 0 Å². The molecule has 1 atom stereocenters. The van der Waals surface area contributed by atoms with E-state index in [-0.39, 0.29) is 6.04 Å². The largest absolute Gasteiger partial charge is 0.398 e. The number of benzene rings is 1. The lowest BCUT2D eigenvalue weighted by Gasteiger charge is -2.16. The Morgan fingerprint density at radius 2 is 2.00 bits per heavy atom. The van der Waals surface area contributed by atoms with Gasteiger partial charge in [0.25, 0.3) is 0 Å². The van der Waals surface area contributed by atoms with E-state index in [4.69, 9.17) is 23.1 Å². The molecule has 0 aliphatic carbocycles. The number of hydrogen-bond donors (Lipinski definition) is 2. The van der Waals surface area contributed by atoms with Crippen molar-refractivity contribution in [3.05, 3.63) is 28.8 Å². The standard InChI is InChI=1S/C11H17ClN2/c1-7(2)5-11(14)9-6-8(12)3-4-10(9)13/h3-4,6-7,11H,5,13-14H2,1-2H3/t11-/m1/s1. The molecule has 0 saturated carbocycles. The van der Waals surface area contributed by atoms with Crippen LogP contribution in [0.3, 0.4) is 0 Å². The quantitative estimate of drug-likeness (QED) is 0.757. The van der Waals surface area contributed by atoms with Crippen molar-refractivity contribution >= 4 is 17.3 Å². The first-order chi connectivity index (χ1) is 6.50. The second kappa shape index (κ2) is 4.67. The molecule has 3 heteroatoms. The Balaban J connectivity index is 2.88. The number of hydrogen-bond acceptors (Lipinski definition) is 2. The Hall–Kier alpha value is -0.730. The third-order valence-corrected chi connectivity index (χ3v) is 2.41. The Kier molecular flexibility index (Phi) is 3.78. The minimum Gasteiger partial charge on any atom is -0.398 e. The minimum atomic E-state index is -0.0197. The third-order valence-electron chi connectivity index (χ3n) is 2.17. The van der Waals surface area contributed by atoms with Crippen LogP contribution in [0.25, 0.3) is 0 Å². The summed E-state index contributed by atoms with van der Waals surface area (Å²) in [7, 11) is 0. The zero-order chi connectivity index (χ0) is 10.7. The molecule has 0 spiro atoms. The first kappa shape index (κ1) is 11.3. The Labute approximate surface area is 90.2 Å². The fourth-order valence-electron chi connectivity index (χ4n) is 1.50. The number of nitrogens with two attached hydrogens (primary N) is 2. The highest BCUT2D eigenvalue weighted by Gasteiger charge is 2.11. The molecule has 78 valence electrons. The van der Waals surface area contributed by atoms with E-state index in [1.54, 1.807) is 12.1 Å². The van der Waals surface area contributed by atoms with Gasteiger partial charge in [-0.05, 0) is 36.1 Å². The molecule has 2 nitrogen and oxygen atoms in total. The van der Waals surface area contributed by atoms with Gasteiger partial charge < -0.3 is 11.5 Å². The van der Waals surface area contributed by atoms with Crippen molar-refractivity contribution < 1.29 is 0 Å². The summed E-state index contributed by atoms with van der Waals surface area (Å²) in [5.41, 5.74) is 13.5. The average Bonchev–Trinajstić information content (AvgIpc) is 2.08. The van der Waals surface area contributed by atoms with Crippen LogP contribution in [-0.2, 0) is 0 Å². The zero-order valence-electron chi connectivity index (χ0n) is 8.63. The van der Waals surface area contributed by atoms with Crippen LogP contribution < -0.4 is 11.5 Å². The van der Waals surface area contributed by atoms with Crippen molar-refractivity contribution in [3.8, 4) is 0 Å². The van der Waals surface area contributed by atoms with Crippen molar-refractivity contribution in [2.75, 3.05) is 5.73 Å². The summed E-state index contributed by atoms with van der Waals surface area (Å²) in [5.74, 6) is 0.559. The summed E-state index contributed by atoms with van der Waals surface area (Å²) < 4.78 is 0. The monoisotopic (exact) mass is 212 g/mol. The number of rotatable bonds is 3. The maximum atomic E-state index is 6.03. The van der Waals surface area contributed by atoms with Crippen LogP contribution in [-0.4, -0.2) is 0 Å². The first-order valence-corrected chi connectivity index (χ1v) is 5.19.